The SMILES string of the molecule is O=C(NCCC1=CCCCC1)C1CCCN(c2nccnc2Sc2ccccc2)C1. The van der Waals surface area contributed by atoms with Crippen LogP contribution in [0, 0.1) is 5.92 Å². The first kappa shape index (κ1) is 20.9. The second-order valence-corrected chi connectivity index (χ2v) is 9.10. The summed E-state index contributed by atoms with van der Waals surface area (Å²) in [6.45, 7) is 2.37. The molecule has 30 heavy (non-hydrogen) atoms. The van der Waals surface area contributed by atoms with Crippen LogP contribution in [0.2, 0.25) is 0 Å². The molecular weight excluding hydrogens is 392 g/mol. The molecule has 5 nitrogen and oxygen atoms in total. The number of carbonyl (C=O) groups excluding carboxylic acids is 1. The summed E-state index contributed by atoms with van der Waals surface area (Å²) in [7, 11) is 0. The van der Waals surface area contributed by atoms with Crippen molar-refractivity contribution in [1.29, 1.82) is 0 Å². The quantitative estimate of drug-likeness (QED) is 0.646. The number of anilines is 1. The van der Waals surface area contributed by atoms with E-state index in [1.54, 1.807) is 24.2 Å². The van der Waals surface area contributed by atoms with E-state index < -0.39 is 0 Å². The Labute approximate surface area is 183 Å². The van der Waals surface area contributed by atoms with Crippen LogP contribution in [-0.2, 0) is 4.79 Å². The molecule has 0 radical (unpaired) electrons. The van der Waals surface area contributed by atoms with Crippen LogP contribution < -0.4 is 10.2 Å². The minimum Gasteiger partial charge on any atom is -0.355 e. The van der Waals surface area contributed by atoms with E-state index in [1.165, 1.54) is 31.3 Å². The van der Waals surface area contributed by atoms with Crippen molar-refractivity contribution in [2.24, 2.45) is 5.92 Å². The van der Waals surface area contributed by atoms with Gasteiger partial charge in [0.1, 0.15) is 5.03 Å². The van der Waals surface area contributed by atoms with Gasteiger partial charge in [0, 0.05) is 36.9 Å². The zero-order valence-corrected chi connectivity index (χ0v) is 18.2. The Morgan fingerprint density at radius 2 is 2.00 bits per heavy atom. The average molecular weight is 423 g/mol. The van der Waals surface area contributed by atoms with Crippen molar-refractivity contribution in [3.63, 3.8) is 0 Å². The lowest BCUT2D eigenvalue weighted by atomic mass is 9.96. The van der Waals surface area contributed by atoms with E-state index in [0.29, 0.717) is 6.54 Å². The highest BCUT2D eigenvalue weighted by Crippen LogP contribution is 2.33. The van der Waals surface area contributed by atoms with Gasteiger partial charge in [-0.05, 0) is 57.1 Å². The molecule has 2 heterocycles. The summed E-state index contributed by atoms with van der Waals surface area (Å²) in [5.41, 5.74) is 1.51. The third-order valence-corrected chi connectivity index (χ3v) is 6.82. The lowest BCUT2D eigenvalue weighted by Crippen LogP contribution is -2.43. The van der Waals surface area contributed by atoms with Gasteiger partial charge < -0.3 is 10.2 Å². The van der Waals surface area contributed by atoms with Crippen molar-refractivity contribution in [3.8, 4) is 0 Å². The van der Waals surface area contributed by atoms with Crippen LogP contribution in [0.1, 0.15) is 44.9 Å². The Hall–Kier alpha value is -2.34. The fourth-order valence-electron chi connectivity index (χ4n) is 4.21. The highest BCUT2D eigenvalue weighted by Gasteiger charge is 2.28. The van der Waals surface area contributed by atoms with Gasteiger partial charge in [-0.1, -0.05) is 41.6 Å². The number of hydrogen-bond acceptors (Lipinski definition) is 5. The number of amides is 1. The molecule has 1 aliphatic heterocycles. The molecule has 1 aromatic carbocycles. The lowest BCUT2D eigenvalue weighted by Gasteiger charge is -2.33. The van der Waals surface area contributed by atoms with Crippen LogP contribution >= 0.6 is 11.8 Å². The molecule has 1 amide bonds. The van der Waals surface area contributed by atoms with Gasteiger partial charge in [-0.3, -0.25) is 4.79 Å². The Bertz CT molecular complexity index is 871. The van der Waals surface area contributed by atoms with Crippen molar-refractivity contribution in [3.05, 3.63) is 54.4 Å². The summed E-state index contributed by atoms with van der Waals surface area (Å²) in [6.07, 6.45) is 13.8. The maximum Gasteiger partial charge on any atom is 0.224 e. The summed E-state index contributed by atoms with van der Waals surface area (Å²) in [4.78, 5) is 25.4. The van der Waals surface area contributed by atoms with Crippen molar-refractivity contribution >= 4 is 23.5 Å². The fourth-order valence-corrected chi connectivity index (χ4v) is 5.12. The molecule has 0 spiro atoms. The van der Waals surface area contributed by atoms with Gasteiger partial charge in [-0.25, -0.2) is 9.97 Å². The van der Waals surface area contributed by atoms with E-state index in [2.05, 4.69) is 38.4 Å². The predicted molar refractivity (Wildman–Crippen MR) is 122 cm³/mol. The molecule has 1 aromatic heterocycles. The number of allylic oxidation sites excluding steroid dienone is 1. The van der Waals surface area contributed by atoms with Gasteiger partial charge in [0.05, 0.1) is 5.92 Å². The largest absolute Gasteiger partial charge is 0.355 e. The Balaban J connectivity index is 1.35. The van der Waals surface area contributed by atoms with Crippen LogP contribution in [0.25, 0.3) is 0 Å². The molecule has 6 heteroatoms. The highest BCUT2D eigenvalue weighted by molar-refractivity contribution is 7.99. The molecule has 1 atom stereocenters. The molecule has 1 unspecified atom stereocenters. The van der Waals surface area contributed by atoms with Crippen molar-refractivity contribution < 1.29 is 4.79 Å². The molecule has 2 aliphatic rings. The van der Waals surface area contributed by atoms with Crippen LogP contribution in [0.4, 0.5) is 5.82 Å². The van der Waals surface area contributed by atoms with Gasteiger partial charge in [0.2, 0.25) is 5.91 Å². The third kappa shape index (κ3) is 5.63. The number of piperidine rings is 1. The molecule has 1 fully saturated rings. The van der Waals surface area contributed by atoms with E-state index in [9.17, 15) is 4.79 Å². The first-order chi connectivity index (χ1) is 14.8. The fraction of sp³-hybridized carbons (Fsp3) is 0.458. The zero-order chi connectivity index (χ0) is 20.6. The van der Waals surface area contributed by atoms with Crippen molar-refractivity contribution in [1.82, 2.24) is 15.3 Å². The van der Waals surface area contributed by atoms with Crippen molar-refractivity contribution in [2.75, 3.05) is 24.5 Å². The van der Waals surface area contributed by atoms with E-state index in [1.807, 2.05) is 18.2 Å². The van der Waals surface area contributed by atoms with Gasteiger partial charge in [0.25, 0.3) is 0 Å². The van der Waals surface area contributed by atoms with E-state index in [0.717, 1.165) is 48.1 Å². The predicted octanol–water partition coefficient (Wildman–Crippen LogP) is 4.85. The van der Waals surface area contributed by atoms with Gasteiger partial charge >= 0.3 is 0 Å². The highest BCUT2D eigenvalue weighted by atomic mass is 32.2. The number of aromatic nitrogens is 2. The topological polar surface area (TPSA) is 58.1 Å². The third-order valence-electron chi connectivity index (χ3n) is 5.83. The van der Waals surface area contributed by atoms with Crippen LogP contribution in [0.5, 0.6) is 0 Å². The maximum absolute atomic E-state index is 12.8. The monoisotopic (exact) mass is 422 g/mol. The summed E-state index contributed by atoms with van der Waals surface area (Å²) < 4.78 is 0. The van der Waals surface area contributed by atoms with Crippen LogP contribution in [-0.4, -0.2) is 35.5 Å². The lowest BCUT2D eigenvalue weighted by molar-refractivity contribution is -0.125. The Morgan fingerprint density at radius 1 is 1.13 bits per heavy atom. The van der Waals surface area contributed by atoms with Crippen molar-refractivity contribution in [2.45, 2.75) is 54.9 Å². The Kier molecular flexibility index (Phi) is 7.40. The van der Waals surface area contributed by atoms with Gasteiger partial charge in [-0.15, -0.1) is 0 Å². The van der Waals surface area contributed by atoms with Gasteiger partial charge in [-0.2, -0.15) is 0 Å². The second kappa shape index (κ2) is 10.6. The summed E-state index contributed by atoms with van der Waals surface area (Å²) in [5.74, 6) is 1.07. The summed E-state index contributed by atoms with van der Waals surface area (Å²) in [5, 5.41) is 4.08. The van der Waals surface area contributed by atoms with Crippen LogP contribution in [0.3, 0.4) is 0 Å². The Morgan fingerprint density at radius 3 is 2.83 bits per heavy atom. The number of hydrogen-bond donors (Lipinski definition) is 1. The van der Waals surface area contributed by atoms with Gasteiger partial charge in [0.15, 0.2) is 5.82 Å². The molecule has 1 aliphatic carbocycles. The average Bonchev–Trinajstić information content (AvgIpc) is 2.81. The minimum atomic E-state index is 0.00988. The number of nitrogens with one attached hydrogen (secondary N) is 1. The molecule has 0 bridgehead atoms. The number of carbonyl (C=O) groups is 1. The van der Waals surface area contributed by atoms with E-state index >= 15 is 0 Å². The number of nitrogens with zero attached hydrogens (tertiary/aromatic N) is 3. The smallest absolute Gasteiger partial charge is 0.224 e. The molecule has 1 saturated heterocycles. The number of rotatable bonds is 7. The summed E-state index contributed by atoms with van der Waals surface area (Å²) in [6, 6.07) is 10.2. The first-order valence-electron chi connectivity index (χ1n) is 11.0. The number of benzene rings is 1. The molecule has 0 saturated carbocycles. The molecule has 1 N–H and O–H groups in total. The molecule has 4 rings (SSSR count). The zero-order valence-electron chi connectivity index (χ0n) is 17.4. The molecule has 2 aromatic rings. The standard InChI is InChI=1S/C24H30N4OS/c29-23(26-14-13-19-8-3-1-4-9-19)20-10-7-17-28(18-20)22-24(27-16-15-25-22)30-21-11-5-2-6-12-21/h2,5-6,8,11-12,15-16,20H,1,3-4,7,9-10,13-14,17-18H2,(H,26,29). The second-order valence-electron chi connectivity index (χ2n) is 8.03. The van der Waals surface area contributed by atoms with E-state index in [4.69, 9.17) is 0 Å². The summed E-state index contributed by atoms with van der Waals surface area (Å²) >= 11 is 1.63. The normalized spacial score (nSPS) is 19.3. The molecule has 158 valence electrons. The minimum absolute atomic E-state index is 0.00988. The van der Waals surface area contributed by atoms with E-state index in [-0.39, 0.29) is 11.8 Å². The first-order valence-corrected chi connectivity index (χ1v) is 11.9. The maximum atomic E-state index is 12.8. The van der Waals surface area contributed by atoms with Crippen LogP contribution in [0.15, 0.2) is 64.3 Å². The molecular formula is C24H30N4OS.